The van der Waals surface area contributed by atoms with Crippen molar-refractivity contribution in [2.75, 3.05) is 7.11 Å². The summed E-state index contributed by atoms with van der Waals surface area (Å²) in [6.45, 7) is 1.73. The first kappa shape index (κ1) is 10.3. The quantitative estimate of drug-likeness (QED) is 0.415. The van der Waals surface area contributed by atoms with Crippen LogP contribution in [0.25, 0.3) is 10.4 Å². The first-order valence-electron chi connectivity index (χ1n) is 4.03. The molecule has 14 heavy (non-hydrogen) atoms. The number of ether oxygens (including phenoxy) is 1. The summed E-state index contributed by atoms with van der Waals surface area (Å²) in [6.07, 6.45) is 0. The van der Waals surface area contributed by atoms with Crippen LogP contribution in [0.15, 0.2) is 17.2 Å². The third-order valence-electron chi connectivity index (χ3n) is 1.81. The average Bonchev–Trinajstić information content (AvgIpc) is 2.15. The molecule has 0 aromatic heterocycles. The van der Waals surface area contributed by atoms with E-state index < -0.39 is 5.82 Å². The predicted octanol–water partition coefficient (Wildman–Crippen LogP) is 2.95. The van der Waals surface area contributed by atoms with Crippen molar-refractivity contribution >= 4 is 0 Å². The summed E-state index contributed by atoms with van der Waals surface area (Å²) in [5.41, 5.74) is 9.19. The molecule has 0 aliphatic rings. The maximum Gasteiger partial charge on any atom is 0.130 e. The van der Waals surface area contributed by atoms with E-state index in [1.165, 1.54) is 13.2 Å². The summed E-state index contributed by atoms with van der Waals surface area (Å²) >= 11 is 0. The Hall–Kier alpha value is -1.74. The Kier molecular flexibility index (Phi) is 3.31. The summed E-state index contributed by atoms with van der Waals surface area (Å²) in [6, 6.07) is 3.08. The minimum atomic E-state index is -0.408. The first-order chi connectivity index (χ1) is 6.69. The van der Waals surface area contributed by atoms with E-state index in [2.05, 4.69) is 10.0 Å². The molecule has 1 rings (SSSR count). The molecule has 5 heteroatoms. The predicted molar refractivity (Wildman–Crippen MR) is 50.5 cm³/mol. The van der Waals surface area contributed by atoms with Crippen LogP contribution in [0.2, 0.25) is 0 Å². The molecule has 0 atom stereocenters. The fraction of sp³-hybridized carbons (Fsp3) is 0.333. The summed E-state index contributed by atoms with van der Waals surface area (Å²) in [4.78, 5) is 2.57. The van der Waals surface area contributed by atoms with E-state index in [0.717, 1.165) is 5.56 Å². The van der Waals surface area contributed by atoms with Crippen molar-refractivity contribution in [3.05, 3.63) is 39.5 Å². The van der Waals surface area contributed by atoms with E-state index in [0.29, 0.717) is 5.75 Å². The highest BCUT2D eigenvalue weighted by Gasteiger charge is 2.08. The molecule has 1 aromatic carbocycles. The van der Waals surface area contributed by atoms with E-state index in [4.69, 9.17) is 10.3 Å². The van der Waals surface area contributed by atoms with Gasteiger partial charge in [-0.2, -0.15) is 0 Å². The second-order valence-corrected chi connectivity index (χ2v) is 2.82. The Morgan fingerprint density at radius 1 is 1.57 bits per heavy atom. The lowest BCUT2D eigenvalue weighted by atomic mass is 10.1. The van der Waals surface area contributed by atoms with Gasteiger partial charge in [0.15, 0.2) is 0 Å². The summed E-state index contributed by atoms with van der Waals surface area (Å²) in [5, 5.41) is 3.30. The van der Waals surface area contributed by atoms with E-state index in [9.17, 15) is 4.39 Å². The minimum Gasteiger partial charge on any atom is -0.496 e. The standard InChI is InChI=1S/C9H10FN3O/c1-6-3-8(10)7(5-12-13-11)9(4-6)14-2/h3-4H,5H2,1-2H3. The first-order valence-corrected chi connectivity index (χ1v) is 4.03. The normalized spacial score (nSPS) is 9.36. The van der Waals surface area contributed by atoms with Crippen molar-refractivity contribution in [2.24, 2.45) is 5.11 Å². The molecule has 4 nitrogen and oxygen atoms in total. The van der Waals surface area contributed by atoms with Gasteiger partial charge in [0.05, 0.1) is 13.7 Å². The highest BCUT2D eigenvalue weighted by atomic mass is 19.1. The smallest absolute Gasteiger partial charge is 0.130 e. The van der Waals surface area contributed by atoms with Crippen molar-refractivity contribution in [1.29, 1.82) is 0 Å². The Labute approximate surface area is 80.9 Å². The van der Waals surface area contributed by atoms with Gasteiger partial charge in [-0.25, -0.2) is 4.39 Å². The molecular weight excluding hydrogens is 185 g/mol. The Morgan fingerprint density at radius 2 is 2.29 bits per heavy atom. The maximum absolute atomic E-state index is 13.4. The van der Waals surface area contributed by atoms with Crippen LogP contribution in [-0.2, 0) is 6.54 Å². The van der Waals surface area contributed by atoms with Crippen LogP contribution in [-0.4, -0.2) is 7.11 Å². The molecule has 0 aliphatic heterocycles. The van der Waals surface area contributed by atoms with Crippen molar-refractivity contribution in [2.45, 2.75) is 13.5 Å². The molecule has 0 amide bonds. The molecular formula is C9H10FN3O. The second-order valence-electron chi connectivity index (χ2n) is 2.82. The van der Waals surface area contributed by atoms with Gasteiger partial charge in [0.25, 0.3) is 0 Å². The van der Waals surface area contributed by atoms with E-state index in [1.54, 1.807) is 13.0 Å². The van der Waals surface area contributed by atoms with Gasteiger partial charge in [0, 0.05) is 10.5 Å². The minimum absolute atomic E-state index is 0.0359. The van der Waals surface area contributed by atoms with E-state index in [1.807, 2.05) is 0 Å². The molecule has 0 bridgehead atoms. The van der Waals surface area contributed by atoms with Crippen molar-refractivity contribution in [1.82, 2.24) is 0 Å². The van der Waals surface area contributed by atoms with Gasteiger partial charge in [-0.15, -0.1) is 0 Å². The lowest BCUT2D eigenvalue weighted by Gasteiger charge is -2.08. The SMILES string of the molecule is COc1cc(C)cc(F)c1CN=[N+]=[N-]. The van der Waals surface area contributed by atoms with Crippen LogP contribution < -0.4 is 4.74 Å². The van der Waals surface area contributed by atoms with Gasteiger partial charge in [0.1, 0.15) is 11.6 Å². The topological polar surface area (TPSA) is 58.0 Å². The molecule has 0 unspecified atom stereocenters. The number of aryl methyl sites for hydroxylation is 1. The number of nitrogens with zero attached hydrogens (tertiary/aromatic N) is 3. The third-order valence-corrected chi connectivity index (χ3v) is 1.81. The number of methoxy groups -OCH3 is 1. The van der Waals surface area contributed by atoms with E-state index in [-0.39, 0.29) is 12.1 Å². The zero-order chi connectivity index (χ0) is 10.6. The third kappa shape index (κ3) is 2.14. The van der Waals surface area contributed by atoms with Gasteiger partial charge >= 0.3 is 0 Å². The molecule has 1 aromatic rings. The van der Waals surface area contributed by atoms with Crippen molar-refractivity contribution in [3.8, 4) is 5.75 Å². The molecule has 0 heterocycles. The van der Waals surface area contributed by atoms with Gasteiger partial charge in [-0.1, -0.05) is 5.11 Å². The number of benzene rings is 1. The molecule has 0 aliphatic carbocycles. The lowest BCUT2D eigenvalue weighted by molar-refractivity contribution is 0.404. The summed E-state index contributed by atoms with van der Waals surface area (Å²) < 4.78 is 18.3. The van der Waals surface area contributed by atoms with Crippen molar-refractivity contribution < 1.29 is 9.13 Å². The van der Waals surface area contributed by atoms with Gasteiger partial charge in [-0.05, 0) is 30.2 Å². The maximum atomic E-state index is 13.4. The fourth-order valence-electron chi connectivity index (χ4n) is 1.18. The monoisotopic (exact) mass is 195 g/mol. The molecule has 0 fully saturated rings. The highest BCUT2D eigenvalue weighted by Crippen LogP contribution is 2.24. The Bertz CT molecular complexity index is 386. The number of azide groups is 1. The van der Waals surface area contributed by atoms with Gasteiger partial charge in [0.2, 0.25) is 0 Å². The number of halogens is 1. The van der Waals surface area contributed by atoms with E-state index >= 15 is 0 Å². The van der Waals surface area contributed by atoms with Gasteiger partial charge in [-0.3, -0.25) is 0 Å². The second kappa shape index (κ2) is 4.48. The zero-order valence-corrected chi connectivity index (χ0v) is 7.99. The largest absolute Gasteiger partial charge is 0.496 e. The van der Waals surface area contributed by atoms with Crippen LogP contribution in [0.5, 0.6) is 5.75 Å². The number of hydrogen-bond donors (Lipinski definition) is 0. The zero-order valence-electron chi connectivity index (χ0n) is 7.99. The molecule has 74 valence electrons. The Balaban J connectivity index is 3.17. The molecule has 0 spiro atoms. The van der Waals surface area contributed by atoms with Crippen LogP contribution in [0, 0.1) is 12.7 Å². The number of rotatable bonds is 3. The van der Waals surface area contributed by atoms with Gasteiger partial charge < -0.3 is 4.74 Å². The summed E-state index contributed by atoms with van der Waals surface area (Å²) in [5.74, 6) is 0.00384. The van der Waals surface area contributed by atoms with Crippen LogP contribution in [0.1, 0.15) is 11.1 Å². The molecule has 0 saturated heterocycles. The van der Waals surface area contributed by atoms with Crippen LogP contribution in [0.4, 0.5) is 4.39 Å². The lowest BCUT2D eigenvalue weighted by Crippen LogP contribution is -1.95. The fourth-order valence-corrected chi connectivity index (χ4v) is 1.18. The molecule has 0 N–H and O–H groups in total. The highest BCUT2D eigenvalue weighted by molar-refractivity contribution is 5.38. The Morgan fingerprint density at radius 3 is 2.86 bits per heavy atom. The van der Waals surface area contributed by atoms with Crippen LogP contribution in [0.3, 0.4) is 0 Å². The number of hydrogen-bond acceptors (Lipinski definition) is 2. The van der Waals surface area contributed by atoms with Crippen LogP contribution >= 0.6 is 0 Å². The summed E-state index contributed by atoms with van der Waals surface area (Å²) in [7, 11) is 1.45. The average molecular weight is 195 g/mol. The molecule has 0 saturated carbocycles. The van der Waals surface area contributed by atoms with Crippen molar-refractivity contribution in [3.63, 3.8) is 0 Å². The molecule has 0 radical (unpaired) electrons.